The molecular weight excluding hydrogens is 226 g/mol. The normalized spacial score (nSPS) is 11.9. The molecule has 1 N–H and O–H groups in total. The number of amidine groups is 1. The number of benzene rings is 1. The Bertz CT molecular complexity index is 538. The van der Waals surface area contributed by atoms with E-state index in [-0.39, 0.29) is 10.7 Å². The molecule has 1 aromatic carbocycles. The lowest BCUT2D eigenvalue weighted by atomic mass is 10.2. The molecule has 0 heterocycles. The van der Waals surface area contributed by atoms with Crippen LogP contribution in [-0.4, -0.2) is 21.3 Å². The molecule has 0 aliphatic rings. The van der Waals surface area contributed by atoms with Crippen molar-refractivity contribution in [2.75, 3.05) is 7.05 Å². The van der Waals surface area contributed by atoms with E-state index in [1.165, 1.54) is 19.2 Å². The summed E-state index contributed by atoms with van der Waals surface area (Å²) in [6.07, 6.45) is 0. The van der Waals surface area contributed by atoms with Crippen molar-refractivity contribution in [1.29, 1.82) is 5.26 Å². The molecule has 0 unspecified atom stereocenters. The molecule has 5 nitrogen and oxygen atoms in total. The highest BCUT2D eigenvalue weighted by atomic mass is 32.2. The molecule has 0 aliphatic carbocycles. The first kappa shape index (κ1) is 12.2. The molecule has 0 spiro atoms. The average Bonchev–Trinajstić information content (AvgIpc) is 2.26. The van der Waals surface area contributed by atoms with E-state index < -0.39 is 10.0 Å². The van der Waals surface area contributed by atoms with E-state index in [9.17, 15) is 8.42 Å². The lowest BCUT2D eigenvalue weighted by Gasteiger charge is -2.05. The van der Waals surface area contributed by atoms with Crippen LogP contribution >= 0.6 is 0 Å². The van der Waals surface area contributed by atoms with Crippen molar-refractivity contribution in [3.05, 3.63) is 29.8 Å². The highest BCUT2D eigenvalue weighted by molar-refractivity contribution is 7.90. The molecule has 0 amide bonds. The largest absolute Gasteiger partial charge is 0.263 e. The van der Waals surface area contributed by atoms with E-state index in [1.807, 2.05) is 6.92 Å². The zero-order valence-electron chi connectivity index (χ0n) is 8.93. The van der Waals surface area contributed by atoms with E-state index in [2.05, 4.69) is 9.71 Å². The molecule has 0 fully saturated rings. The molecule has 0 atom stereocenters. The van der Waals surface area contributed by atoms with Gasteiger partial charge >= 0.3 is 0 Å². The lowest BCUT2D eigenvalue weighted by molar-refractivity contribution is 0.592. The first-order valence-electron chi connectivity index (χ1n) is 4.46. The summed E-state index contributed by atoms with van der Waals surface area (Å²) >= 11 is 0. The quantitative estimate of drug-likeness (QED) is 0.610. The van der Waals surface area contributed by atoms with Gasteiger partial charge in [-0.1, -0.05) is 17.7 Å². The van der Waals surface area contributed by atoms with Crippen molar-refractivity contribution in [2.45, 2.75) is 11.8 Å². The van der Waals surface area contributed by atoms with Gasteiger partial charge in [0.15, 0.2) is 0 Å². The van der Waals surface area contributed by atoms with Gasteiger partial charge in [0.05, 0.1) is 4.90 Å². The predicted octanol–water partition coefficient (Wildman–Crippen LogP) is 0.825. The Morgan fingerprint density at radius 2 is 1.94 bits per heavy atom. The van der Waals surface area contributed by atoms with Crippen LogP contribution in [0.2, 0.25) is 0 Å². The Kier molecular flexibility index (Phi) is 3.64. The van der Waals surface area contributed by atoms with Gasteiger partial charge in [0.2, 0.25) is 5.84 Å². The smallest absolute Gasteiger partial charge is 0.262 e. The summed E-state index contributed by atoms with van der Waals surface area (Å²) in [5, 5.41) is 8.57. The molecule has 16 heavy (non-hydrogen) atoms. The molecule has 0 aliphatic heterocycles. The number of aryl methyl sites for hydroxylation is 1. The monoisotopic (exact) mass is 237 g/mol. The molecular formula is C10H11N3O2S. The topological polar surface area (TPSA) is 82.3 Å². The number of hydrogen-bond acceptors (Lipinski definition) is 4. The third-order valence-electron chi connectivity index (χ3n) is 1.89. The van der Waals surface area contributed by atoms with E-state index in [0.29, 0.717) is 0 Å². The second-order valence-corrected chi connectivity index (χ2v) is 4.78. The van der Waals surface area contributed by atoms with Crippen LogP contribution in [0.4, 0.5) is 0 Å². The fourth-order valence-electron chi connectivity index (χ4n) is 1.02. The van der Waals surface area contributed by atoms with Gasteiger partial charge in [-0.3, -0.25) is 9.71 Å². The number of nitrogens with zero attached hydrogens (tertiary/aromatic N) is 2. The maximum absolute atomic E-state index is 11.7. The van der Waals surface area contributed by atoms with Crippen LogP contribution in [0.25, 0.3) is 0 Å². The number of sulfonamides is 1. The molecule has 0 bridgehead atoms. The van der Waals surface area contributed by atoms with Gasteiger partial charge in [0.25, 0.3) is 10.0 Å². The van der Waals surface area contributed by atoms with Gasteiger partial charge < -0.3 is 0 Å². The van der Waals surface area contributed by atoms with Crippen molar-refractivity contribution < 1.29 is 8.42 Å². The highest BCUT2D eigenvalue weighted by Crippen LogP contribution is 2.09. The molecule has 1 aromatic rings. The number of rotatable bonds is 2. The lowest BCUT2D eigenvalue weighted by Crippen LogP contribution is -2.29. The fourth-order valence-corrected chi connectivity index (χ4v) is 2.03. The van der Waals surface area contributed by atoms with Gasteiger partial charge in [-0.25, -0.2) is 8.42 Å². The van der Waals surface area contributed by atoms with Gasteiger partial charge in [-0.2, -0.15) is 5.26 Å². The van der Waals surface area contributed by atoms with E-state index in [0.717, 1.165) is 5.56 Å². The van der Waals surface area contributed by atoms with Crippen LogP contribution in [-0.2, 0) is 10.0 Å². The van der Waals surface area contributed by atoms with Crippen LogP contribution in [0.1, 0.15) is 5.56 Å². The van der Waals surface area contributed by atoms with Crippen molar-refractivity contribution in [3.63, 3.8) is 0 Å². The van der Waals surface area contributed by atoms with Gasteiger partial charge in [0, 0.05) is 7.05 Å². The van der Waals surface area contributed by atoms with Crippen LogP contribution in [0.5, 0.6) is 0 Å². The van der Waals surface area contributed by atoms with E-state index >= 15 is 0 Å². The van der Waals surface area contributed by atoms with E-state index in [4.69, 9.17) is 5.26 Å². The zero-order valence-corrected chi connectivity index (χ0v) is 9.75. The molecule has 0 radical (unpaired) electrons. The molecule has 84 valence electrons. The summed E-state index contributed by atoms with van der Waals surface area (Å²) in [4.78, 5) is 3.61. The third kappa shape index (κ3) is 2.81. The third-order valence-corrected chi connectivity index (χ3v) is 3.25. The Hall–Kier alpha value is -1.87. The summed E-state index contributed by atoms with van der Waals surface area (Å²) in [6, 6.07) is 7.97. The second kappa shape index (κ2) is 4.77. The molecule has 0 aromatic heterocycles. The van der Waals surface area contributed by atoms with Gasteiger partial charge in [-0.05, 0) is 19.1 Å². The fraction of sp³-hybridized carbons (Fsp3) is 0.200. The number of aliphatic imine (C=N–C) groups is 1. The Morgan fingerprint density at radius 1 is 1.38 bits per heavy atom. The Labute approximate surface area is 94.5 Å². The summed E-state index contributed by atoms with van der Waals surface area (Å²) in [5.74, 6) is -0.236. The van der Waals surface area contributed by atoms with Crippen molar-refractivity contribution in [2.24, 2.45) is 4.99 Å². The van der Waals surface area contributed by atoms with Gasteiger partial charge in [0.1, 0.15) is 6.07 Å². The van der Waals surface area contributed by atoms with Crippen LogP contribution in [0.3, 0.4) is 0 Å². The van der Waals surface area contributed by atoms with E-state index in [1.54, 1.807) is 18.2 Å². The minimum Gasteiger partial charge on any atom is -0.262 e. The highest BCUT2D eigenvalue weighted by Gasteiger charge is 2.15. The minimum atomic E-state index is -3.70. The summed E-state index contributed by atoms with van der Waals surface area (Å²) in [6.45, 7) is 1.86. The first-order valence-corrected chi connectivity index (χ1v) is 5.94. The predicted molar refractivity (Wildman–Crippen MR) is 60.5 cm³/mol. The van der Waals surface area contributed by atoms with Crippen molar-refractivity contribution >= 4 is 15.9 Å². The maximum Gasteiger partial charge on any atom is 0.263 e. The number of hydrogen-bond donors (Lipinski definition) is 1. The van der Waals surface area contributed by atoms with Crippen LogP contribution in [0, 0.1) is 18.3 Å². The Morgan fingerprint density at radius 3 is 2.38 bits per heavy atom. The van der Waals surface area contributed by atoms with Crippen LogP contribution in [0.15, 0.2) is 34.2 Å². The number of nitriles is 1. The van der Waals surface area contributed by atoms with Crippen LogP contribution < -0.4 is 4.72 Å². The minimum absolute atomic E-state index is 0.106. The standard InChI is InChI=1S/C10H11N3O2S/c1-8-3-5-9(6-4-8)16(14,15)13-10(7-11)12-2/h3-6H,1-2H3,(H,12,13). The second-order valence-electron chi connectivity index (χ2n) is 3.10. The summed E-state index contributed by atoms with van der Waals surface area (Å²) in [7, 11) is -2.36. The summed E-state index contributed by atoms with van der Waals surface area (Å²) in [5.41, 5.74) is 0.962. The number of nitrogens with one attached hydrogen (secondary N) is 1. The molecule has 6 heteroatoms. The van der Waals surface area contributed by atoms with Crippen molar-refractivity contribution in [3.8, 4) is 6.07 Å². The average molecular weight is 237 g/mol. The first-order chi connectivity index (χ1) is 7.49. The molecule has 0 saturated carbocycles. The maximum atomic E-state index is 11.7. The van der Waals surface area contributed by atoms with Gasteiger partial charge in [-0.15, -0.1) is 0 Å². The Balaban J connectivity index is 3.05. The summed E-state index contributed by atoms with van der Waals surface area (Å²) < 4.78 is 25.5. The zero-order chi connectivity index (χ0) is 12.2. The molecule has 1 rings (SSSR count). The molecule has 0 saturated heterocycles. The SMILES string of the molecule is CN=C(C#N)NS(=O)(=O)c1ccc(C)cc1. The van der Waals surface area contributed by atoms with Crippen molar-refractivity contribution in [1.82, 2.24) is 4.72 Å².